The third-order valence-electron chi connectivity index (χ3n) is 3.81. The van der Waals surface area contributed by atoms with Crippen LogP contribution in [0, 0.1) is 0 Å². The van der Waals surface area contributed by atoms with Gasteiger partial charge >= 0.3 is 6.18 Å². The summed E-state index contributed by atoms with van der Waals surface area (Å²) in [5.74, 6) is 0.496. The quantitative estimate of drug-likeness (QED) is 0.935. The van der Waals surface area contributed by atoms with Crippen LogP contribution in [-0.4, -0.2) is 16.5 Å². The van der Waals surface area contributed by atoms with E-state index in [-0.39, 0.29) is 5.41 Å². The van der Waals surface area contributed by atoms with Crippen LogP contribution >= 0.6 is 0 Å². The zero-order chi connectivity index (χ0) is 14.9. The molecule has 1 heterocycles. The zero-order valence-corrected chi connectivity index (χ0v) is 11.2. The summed E-state index contributed by atoms with van der Waals surface area (Å²) in [7, 11) is 0. The summed E-state index contributed by atoms with van der Waals surface area (Å²) in [6.07, 6.45) is 0.683. The van der Waals surface area contributed by atoms with E-state index in [9.17, 15) is 13.2 Å². The zero-order valence-electron chi connectivity index (χ0n) is 11.2. The van der Waals surface area contributed by atoms with Gasteiger partial charge in [-0.1, -0.05) is 18.2 Å². The lowest BCUT2D eigenvalue weighted by atomic mass is 9.94. The Morgan fingerprint density at radius 2 is 1.81 bits per heavy atom. The van der Waals surface area contributed by atoms with Crippen LogP contribution in [0.5, 0.6) is 0 Å². The number of alkyl halides is 3. The fraction of sp³-hybridized carbons (Fsp3) is 0.333. The number of nitrogens with zero attached hydrogens (tertiary/aromatic N) is 2. The third-order valence-corrected chi connectivity index (χ3v) is 3.81. The summed E-state index contributed by atoms with van der Waals surface area (Å²) < 4.78 is 38.4. The van der Waals surface area contributed by atoms with Crippen molar-refractivity contribution in [2.45, 2.75) is 24.4 Å². The van der Waals surface area contributed by atoms with Crippen molar-refractivity contribution in [1.29, 1.82) is 0 Å². The van der Waals surface area contributed by atoms with Crippen LogP contribution in [0.3, 0.4) is 0 Å². The van der Waals surface area contributed by atoms with Gasteiger partial charge in [-0.3, -0.25) is 0 Å². The molecular formula is C15H14F3N3. The molecule has 1 aromatic carbocycles. The molecule has 21 heavy (non-hydrogen) atoms. The summed E-state index contributed by atoms with van der Waals surface area (Å²) in [6.45, 7) is 0.540. The van der Waals surface area contributed by atoms with Gasteiger partial charge in [0.05, 0.1) is 5.56 Å². The molecule has 3 rings (SSSR count). The molecule has 0 aliphatic heterocycles. The van der Waals surface area contributed by atoms with Crippen molar-refractivity contribution in [2.75, 3.05) is 11.9 Å². The van der Waals surface area contributed by atoms with Gasteiger partial charge in [-0.2, -0.15) is 13.2 Å². The second-order valence-electron chi connectivity index (χ2n) is 5.28. The SMILES string of the molecule is FC(F)(F)c1cccc(C2(CNc3ncccn3)CC2)c1. The highest BCUT2D eigenvalue weighted by Crippen LogP contribution is 2.49. The van der Waals surface area contributed by atoms with Crippen LogP contribution in [0.2, 0.25) is 0 Å². The van der Waals surface area contributed by atoms with Crippen LogP contribution in [0.1, 0.15) is 24.0 Å². The molecule has 0 bridgehead atoms. The molecule has 0 saturated heterocycles. The van der Waals surface area contributed by atoms with Gasteiger partial charge in [-0.15, -0.1) is 0 Å². The summed E-state index contributed by atoms with van der Waals surface area (Å²) in [6, 6.07) is 7.30. The smallest absolute Gasteiger partial charge is 0.353 e. The van der Waals surface area contributed by atoms with Crippen LogP contribution in [0.15, 0.2) is 42.7 Å². The number of rotatable bonds is 4. The Kier molecular flexibility index (Phi) is 3.31. The molecule has 2 aromatic rings. The molecule has 1 aliphatic rings. The molecule has 0 radical (unpaired) electrons. The predicted molar refractivity (Wildman–Crippen MR) is 72.9 cm³/mol. The number of halogens is 3. The van der Waals surface area contributed by atoms with Gasteiger partial charge < -0.3 is 5.32 Å². The second kappa shape index (κ2) is 5.02. The number of benzene rings is 1. The first-order valence-corrected chi connectivity index (χ1v) is 6.68. The molecule has 1 saturated carbocycles. The number of anilines is 1. The Morgan fingerprint density at radius 3 is 2.43 bits per heavy atom. The molecule has 6 heteroatoms. The molecule has 110 valence electrons. The van der Waals surface area contributed by atoms with Gasteiger partial charge in [-0.25, -0.2) is 9.97 Å². The highest BCUT2D eigenvalue weighted by molar-refractivity contribution is 5.38. The fourth-order valence-electron chi connectivity index (χ4n) is 2.38. The van der Waals surface area contributed by atoms with Crippen molar-refractivity contribution >= 4 is 5.95 Å². The molecule has 1 N–H and O–H groups in total. The number of nitrogens with one attached hydrogen (secondary N) is 1. The van der Waals surface area contributed by atoms with Gasteiger partial charge in [0, 0.05) is 24.4 Å². The van der Waals surface area contributed by atoms with Crippen LogP contribution < -0.4 is 5.32 Å². The predicted octanol–water partition coefficient (Wildman–Crippen LogP) is 3.64. The first kappa shape index (κ1) is 13.9. The molecule has 3 nitrogen and oxygen atoms in total. The summed E-state index contributed by atoms with van der Waals surface area (Å²) >= 11 is 0. The highest BCUT2D eigenvalue weighted by atomic mass is 19.4. The number of hydrogen-bond acceptors (Lipinski definition) is 3. The number of aromatic nitrogens is 2. The monoisotopic (exact) mass is 293 g/mol. The topological polar surface area (TPSA) is 37.8 Å². The van der Waals surface area contributed by atoms with E-state index in [0.29, 0.717) is 12.5 Å². The largest absolute Gasteiger partial charge is 0.416 e. The van der Waals surface area contributed by atoms with E-state index in [1.165, 1.54) is 12.1 Å². The highest BCUT2D eigenvalue weighted by Gasteiger charge is 2.45. The Labute approximate surface area is 120 Å². The van der Waals surface area contributed by atoms with Crippen molar-refractivity contribution in [1.82, 2.24) is 9.97 Å². The van der Waals surface area contributed by atoms with E-state index in [4.69, 9.17) is 0 Å². The standard InChI is InChI=1S/C15H14F3N3/c16-15(17,18)12-4-1-3-11(9-12)14(5-6-14)10-21-13-19-7-2-8-20-13/h1-4,7-9H,5-6,10H2,(H,19,20,21). The Bertz CT molecular complexity index is 622. The van der Waals surface area contributed by atoms with Crippen LogP contribution in [0.25, 0.3) is 0 Å². The first-order valence-electron chi connectivity index (χ1n) is 6.68. The van der Waals surface area contributed by atoms with Crippen molar-refractivity contribution in [2.24, 2.45) is 0 Å². The first-order chi connectivity index (χ1) is 10.00. The Morgan fingerprint density at radius 1 is 1.10 bits per heavy atom. The van der Waals surface area contributed by atoms with E-state index in [1.807, 2.05) is 0 Å². The molecule has 1 aliphatic carbocycles. The van der Waals surface area contributed by atoms with E-state index < -0.39 is 11.7 Å². The molecule has 1 aromatic heterocycles. The van der Waals surface area contributed by atoms with E-state index >= 15 is 0 Å². The average Bonchev–Trinajstić information content (AvgIpc) is 3.27. The normalized spacial score (nSPS) is 16.5. The molecule has 0 amide bonds. The minimum Gasteiger partial charge on any atom is -0.353 e. The maximum atomic E-state index is 12.8. The summed E-state index contributed by atoms with van der Waals surface area (Å²) in [5, 5.41) is 3.10. The Hall–Kier alpha value is -2.11. The van der Waals surface area contributed by atoms with Gasteiger partial charge in [0.25, 0.3) is 0 Å². The van der Waals surface area contributed by atoms with Gasteiger partial charge in [-0.05, 0) is 30.5 Å². The van der Waals surface area contributed by atoms with E-state index in [2.05, 4.69) is 15.3 Å². The summed E-state index contributed by atoms with van der Waals surface area (Å²) in [5.41, 5.74) is -0.108. The fourth-order valence-corrected chi connectivity index (χ4v) is 2.38. The van der Waals surface area contributed by atoms with E-state index in [0.717, 1.165) is 24.5 Å². The van der Waals surface area contributed by atoms with Gasteiger partial charge in [0.1, 0.15) is 0 Å². The Balaban J connectivity index is 1.77. The maximum absolute atomic E-state index is 12.8. The molecule has 0 unspecified atom stereocenters. The lowest BCUT2D eigenvalue weighted by Gasteiger charge is -2.18. The minimum absolute atomic E-state index is 0.236. The van der Waals surface area contributed by atoms with Crippen LogP contribution in [-0.2, 0) is 11.6 Å². The molecule has 0 atom stereocenters. The molecular weight excluding hydrogens is 279 g/mol. The van der Waals surface area contributed by atoms with Crippen molar-refractivity contribution in [3.05, 3.63) is 53.9 Å². The maximum Gasteiger partial charge on any atom is 0.416 e. The lowest BCUT2D eigenvalue weighted by Crippen LogP contribution is -2.21. The van der Waals surface area contributed by atoms with Crippen molar-refractivity contribution in [3.63, 3.8) is 0 Å². The van der Waals surface area contributed by atoms with E-state index in [1.54, 1.807) is 24.5 Å². The van der Waals surface area contributed by atoms with Gasteiger partial charge in [0.15, 0.2) is 0 Å². The van der Waals surface area contributed by atoms with Crippen molar-refractivity contribution in [3.8, 4) is 0 Å². The third kappa shape index (κ3) is 2.99. The minimum atomic E-state index is -4.30. The van der Waals surface area contributed by atoms with Gasteiger partial charge in [0.2, 0.25) is 5.95 Å². The molecule has 0 spiro atoms. The lowest BCUT2D eigenvalue weighted by molar-refractivity contribution is -0.137. The second-order valence-corrected chi connectivity index (χ2v) is 5.28. The number of hydrogen-bond donors (Lipinski definition) is 1. The summed E-state index contributed by atoms with van der Waals surface area (Å²) in [4.78, 5) is 8.12. The molecule has 1 fully saturated rings. The van der Waals surface area contributed by atoms with Crippen molar-refractivity contribution < 1.29 is 13.2 Å². The average molecular weight is 293 g/mol. The van der Waals surface area contributed by atoms with Crippen LogP contribution in [0.4, 0.5) is 19.1 Å².